The molecule has 1 saturated carbocycles. The highest BCUT2D eigenvalue weighted by Crippen LogP contribution is 2.43. The molecule has 1 aromatic rings. The topological polar surface area (TPSA) is 6.48 Å². The normalized spacial score (nSPS) is 32.0. The second-order valence-corrected chi connectivity index (χ2v) is 7.54. The number of benzene rings is 1. The third kappa shape index (κ3) is 3.00. The molecule has 0 N–H and O–H groups in total. The van der Waals surface area contributed by atoms with E-state index < -0.39 is 0 Å². The van der Waals surface area contributed by atoms with Gasteiger partial charge in [-0.15, -0.1) is 0 Å². The van der Waals surface area contributed by atoms with Crippen LogP contribution in [0.15, 0.2) is 36.4 Å². The van der Waals surface area contributed by atoms with Crippen LogP contribution in [0.25, 0.3) is 0 Å². The first-order chi connectivity index (χ1) is 10.8. The molecule has 0 spiro atoms. The number of allylic oxidation sites excluding steroid dienone is 2. The van der Waals surface area contributed by atoms with Crippen molar-refractivity contribution in [1.29, 1.82) is 0 Å². The molecule has 0 amide bonds. The summed E-state index contributed by atoms with van der Waals surface area (Å²) in [4.78, 5) is 5.34. The third-order valence-corrected chi connectivity index (χ3v) is 6.03. The van der Waals surface area contributed by atoms with Gasteiger partial charge in [0.15, 0.2) is 0 Å². The Bertz CT molecular complexity index is 542. The van der Waals surface area contributed by atoms with Crippen molar-refractivity contribution in [3.63, 3.8) is 0 Å². The number of nitrogens with zero attached hydrogens (tertiary/aromatic N) is 2. The number of hydrogen-bond donors (Lipinski definition) is 0. The van der Waals surface area contributed by atoms with Gasteiger partial charge in [0.1, 0.15) is 0 Å². The number of rotatable bonds is 4. The van der Waals surface area contributed by atoms with Gasteiger partial charge >= 0.3 is 0 Å². The van der Waals surface area contributed by atoms with Crippen molar-refractivity contribution in [3.8, 4) is 0 Å². The van der Waals surface area contributed by atoms with E-state index in [-0.39, 0.29) is 0 Å². The zero-order chi connectivity index (χ0) is 14.9. The van der Waals surface area contributed by atoms with E-state index in [1.807, 2.05) is 0 Å². The largest absolute Gasteiger partial charge is 0.300 e. The first-order valence-electron chi connectivity index (χ1n) is 8.95. The molecule has 1 heterocycles. The Morgan fingerprint density at radius 3 is 2.41 bits per heavy atom. The quantitative estimate of drug-likeness (QED) is 0.786. The molecule has 22 heavy (non-hydrogen) atoms. The maximum Gasteiger partial charge on any atom is 0.0237 e. The molecule has 1 aromatic carbocycles. The summed E-state index contributed by atoms with van der Waals surface area (Å²) in [5.41, 5.74) is 2.92. The van der Waals surface area contributed by atoms with Gasteiger partial charge in [0, 0.05) is 39.3 Å². The highest BCUT2D eigenvalue weighted by atomic mass is 15.3. The Kier molecular flexibility index (Phi) is 4.06. The summed E-state index contributed by atoms with van der Waals surface area (Å²) in [5, 5.41) is 0. The van der Waals surface area contributed by atoms with Crippen LogP contribution in [0.4, 0.5) is 0 Å². The number of piperazine rings is 1. The Hall–Kier alpha value is -1.12. The minimum atomic E-state index is 0.898. The highest BCUT2D eigenvalue weighted by Gasteiger charge is 2.36. The van der Waals surface area contributed by atoms with Gasteiger partial charge in [0.25, 0.3) is 0 Å². The SMILES string of the molecule is Cc1ccccc1CN1CCN(C[C@@H]2C[C@H]3C=C[C@H]2C3)CC1. The lowest BCUT2D eigenvalue weighted by Crippen LogP contribution is -2.47. The van der Waals surface area contributed by atoms with Crippen LogP contribution in [0.5, 0.6) is 0 Å². The molecule has 3 aliphatic rings. The fourth-order valence-electron chi connectivity index (χ4n) is 4.59. The van der Waals surface area contributed by atoms with Crippen molar-refractivity contribution in [3.05, 3.63) is 47.5 Å². The summed E-state index contributed by atoms with van der Waals surface area (Å²) >= 11 is 0. The molecule has 0 unspecified atom stereocenters. The molecule has 1 aliphatic heterocycles. The monoisotopic (exact) mass is 296 g/mol. The van der Waals surface area contributed by atoms with Crippen molar-refractivity contribution in [2.45, 2.75) is 26.3 Å². The summed E-state index contributed by atoms with van der Waals surface area (Å²) in [6.07, 6.45) is 7.84. The second kappa shape index (κ2) is 6.17. The zero-order valence-electron chi connectivity index (χ0n) is 13.7. The van der Waals surface area contributed by atoms with E-state index in [0.717, 1.165) is 24.3 Å². The van der Waals surface area contributed by atoms with Gasteiger partial charge in [-0.2, -0.15) is 0 Å². The van der Waals surface area contributed by atoms with Gasteiger partial charge in [-0.3, -0.25) is 4.90 Å². The van der Waals surface area contributed by atoms with Gasteiger partial charge in [0.05, 0.1) is 0 Å². The van der Waals surface area contributed by atoms with Crippen LogP contribution < -0.4 is 0 Å². The lowest BCUT2D eigenvalue weighted by atomic mass is 9.93. The summed E-state index contributed by atoms with van der Waals surface area (Å²) in [7, 11) is 0. The number of hydrogen-bond acceptors (Lipinski definition) is 2. The molecule has 2 nitrogen and oxygen atoms in total. The first-order valence-corrected chi connectivity index (χ1v) is 8.95. The molecule has 0 aromatic heterocycles. The third-order valence-electron chi connectivity index (χ3n) is 6.03. The van der Waals surface area contributed by atoms with Crippen LogP contribution in [0.2, 0.25) is 0 Å². The molecule has 118 valence electrons. The van der Waals surface area contributed by atoms with E-state index in [1.165, 1.54) is 56.7 Å². The molecule has 4 rings (SSSR count). The lowest BCUT2D eigenvalue weighted by Gasteiger charge is -2.37. The molecular formula is C20H28N2. The standard InChI is InChI=1S/C20H28N2/c1-16-4-2-3-5-19(16)14-21-8-10-22(11-9-21)15-20-13-17-6-7-18(20)12-17/h2-7,17-18,20H,8-15H2,1H3/t17-,18-,20-/m0/s1. The Labute approximate surface area is 134 Å². The Balaban J connectivity index is 1.26. The summed E-state index contributed by atoms with van der Waals surface area (Å²) < 4.78 is 0. The highest BCUT2D eigenvalue weighted by molar-refractivity contribution is 5.25. The van der Waals surface area contributed by atoms with Crippen LogP contribution in [0, 0.1) is 24.7 Å². The minimum Gasteiger partial charge on any atom is -0.300 e. The molecular weight excluding hydrogens is 268 g/mol. The predicted molar refractivity (Wildman–Crippen MR) is 91.7 cm³/mol. The van der Waals surface area contributed by atoms with Crippen molar-refractivity contribution in [2.75, 3.05) is 32.7 Å². The van der Waals surface area contributed by atoms with Crippen LogP contribution in [0.1, 0.15) is 24.0 Å². The molecule has 2 bridgehead atoms. The first kappa shape index (κ1) is 14.5. The van der Waals surface area contributed by atoms with Crippen LogP contribution >= 0.6 is 0 Å². The molecule has 1 saturated heterocycles. The maximum absolute atomic E-state index is 2.72. The number of fused-ring (bicyclic) bond motifs is 2. The molecule has 0 radical (unpaired) electrons. The molecule has 3 atom stereocenters. The van der Waals surface area contributed by atoms with E-state index in [9.17, 15) is 0 Å². The average Bonchev–Trinajstić information content (AvgIpc) is 3.14. The summed E-state index contributed by atoms with van der Waals surface area (Å²) in [6, 6.07) is 8.82. The summed E-state index contributed by atoms with van der Waals surface area (Å²) in [6.45, 7) is 9.65. The fraction of sp³-hybridized carbons (Fsp3) is 0.600. The van der Waals surface area contributed by atoms with Crippen molar-refractivity contribution in [2.24, 2.45) is 17.8 Å². The molecule has 2 heteroatoms. The number of aryl methyl sites for hydroxylation is 1. The smallest absolute Gasteiger partial charge is 0.0237 e. The van der Waals surface area contributed by atoms with Gasteiger partial charge in [-0.05, 0) is 48.6 Å². The van der Waals surface area contributed by atoms with Crippen molar-refractivity contribution >= 4 is 0 Å². The van der Waals surface area contributed by atoms with E-state index in [2.05, 4.69) is 53.1 Å². The maximum atomic E-state index is 2.72. The average molecular weight is 296 g/mol. The minimum absolute atomic E-state index is 0.898. The molecule has 2 aliphatic carbocycles. The van der Waals surface area contributed by atoms with Crippen molar-refractivity contribution < 1.29 is 0 Å². The lowest BCUT2D eigenvalue weighted by molar-refractivity contribution is 0.108. The Morgan fingerprint density at radius 1 is 0.955 bits per heavy atom. The van der Waals surface area contributed by atoms with E-state index in [4.69, 9.17) is 0 Å². The van der Waals surface area contributed by atoms with Crippen molar-refractivity contribution in [1.82, 2.24) is 9.80 Å². The Morgan fingerprint density at radius 2 is 1.73 bits per heavy atom. The van der Waals surface area contributed by atoms with Gasteiger partial charge < -0.3 is 4.90 Å². The predicted octanol–water partition coefficient (Wildman–Crippen LogP) is 3.32. The second-order valence-electron chi connectivity index (χ2n) is 7.54. The molecule has 2 fully saturated rings. The van der Waals surface area contributed by atoms with Gasteiger partial charge in [-0.1, -0.05) is 36.4 Å². The summed E-state index contributed by atoms with van der Waals surface area (Å²) in [5.74, 6) is 2.75. The van der Waals surface area contributed by atoms with Gasteiger partial charge in [0.2, 0.25) is 0 Å². The van der Waals surface area contributed by atoms with Crippen LogP contribution in [0.3, 0.4) is 0 Å². The van der Waals surface area contributed by atoms with E-state index >= 15 is 0 Å². The zero-order valence-corrected chi connectivity index (χ0v) is 13.7. The van der Waals surface area contributed by atoms with E-state index in [1.54, 1.807) is 0 Å². The van der Waals surface area contributed by atoms with E-state index in [0.29, 0.717) is 0 Å². The van der Waals surface area contributed by atoms with Gasteiger partial charge in [-0.25, -0.2) is 0 Å². The van der Waals surface area contributed by atoms with Crippen LogP contribution in [-0.4, -0.2) is 42.5 Å². The fourth-order valence-corrected chi connectivity index (χ4v) is 4.59. The van der Waals surface area contributed by atoms with Crippen LogP contribution in [-0.2, 0) is 6.54 Å².